The molecular weight excluding hydrogens is 451 g/mol. The second kappa shape index (κ2) is 10.0. The van der Waals surface area contributed by atoms with Crippen LogP contribution in [0.5, 0.6) is 0 Å². The van der Waals surface area contributed by atoms with E-state index in [-0.39, 0.29) is 11.3 Å². The Kier molecular flexibility index (Phi) is 7.16. The van der Waals surface area contributed by atoms with E-state index in [1.54, 1.807) is 48.5 Å². The fourth-order valence-corrected chi connectivity index (χ4v) is 4.55. The average Bonchev–Trinajstić information content (AvgIpc) is 3.05. The van der Waals surface area contributed by atoms with Crippen LogP contribution in [0.25, 0.3) is 5.76 Å². The van der Waals surface area contributed by atoms with Crippen LogP contribution in [0, 0.1) is 0 Å². The summed E-state index contributed by atoms with van der Waals surface area (Å²) in [6, 6.07) is 12.8. The molecule has 0 unspecified atom stereocenters. The number of carbonyl (C=O) groups excluding carboxylic acids is 2. The van der Waals surface area contributed by atoms with Gasteiger partial charge in [0, 0.05) is 41.8 Å². The van der Waals surface area contributed by atoms with Crippen LogP contribution in [-0.4, -0.2) is 66.0 Å². The highest BCUT2D eigenvalue weighted by atomic mass is 35.5. The van der Waals surface area contributed by atoms with Gasteiger partial charge >= 0.3 is 0 Å². The molecule has 0 radical (unpaired) electrons. The maximum Gasteiger partial charge on any atom is 0.295 e. The monoisotopic (exact) mass is 474 g/mol. The first kappa shape index (κ1) is 22.8. The first-order valence-electron chi connectivity index (χ1n) is 10.6. The minimum atomic E-state index is -0.760. The number of halogens is 2. The zero-order valence-corrected chi connectivity index (χ0v) is 19.0. The van der Waals surface area contributed by atoms with Crippen LogP contribution >= 0.6 is 23.2 Å². The van der Waals surface area contributed by atoms with Crippen LogP contribution in [0.1, 0.15) is 23.6 Å². The number of benzene rings is 2. The number of aliphatic hydroxyl groups is 1. The van der Waals surface area contributed by atoms with Crippen LogP contribution in [0.3, 0.4) is 0 Å². The van der Waals surface area contributed by atoms with Gasteiger partial charge in [-0.25, -0.2) is 0 Å². The average molecular weight is 475 g/mol. The highest BCUT2D eigenvalue weighted by Gasteiger charge is 2.46. The van der Waals surface area contributed by atoms with Crippen molar-refractivity contribution in [2.45, 2.75) is 12.5 Å². The molecule has 168 valence electrons. The predicted octanol–water partition coefficient (Wildman–Crippen LogP) is 4.14. The number of ether oxygens (including phenoxy) is 1. The van der Waals surface area contributed by atoms with Crippen molar-refractivity contribution in [3.8, 4) is 0 Å². The third kappa shape index (κ3) is 4.69. The number of likely N-dealkylation sites (tertiary alicyclic amines) is 1. The Morgan fingerprint density at radius 3 is 2.38 bits per heavy atom. The molecule has 2 heterocycles. The molecule has 0 spiro atoms. The van der Waals surface area contributed by atoms with Crippen LogP contribution in [0.15, 0.2) is 54.1 Å². The van der Waals surface area contributed by atoms with E-state index < -0.39 is 17.7 Å². The molecule has 4 rings (SSSR count). The van der Waals surface area contributed by atoms with Crippen molar-refractivity contribution in [1.29, 1.82) is 0 Å². The number of rotatable bonds is 6. The van der Waals surface area contributed by atoms with Crippen LogP contribution in [0.2, 0.25) is 10.0 Å². The van der Waals surface area contributed by atoms with E-state index >= 15 is 0 Å². The molecule has 2 aromatic carbocycles. The lowest BCUT2D eigenvalue weighted by molar-refractivity contribution is -0.140. The molecule has 2 aliphatic heterocycles. The lowest BCUT2D eigenvalue weighted by Gasteiger charge is -2.29. The molecule has 32 heavy (non-hydrogen) atoms. The van der Waals surface area contributed by atoms with Gasteiger partial charge < -0.3 is 14.7 Å². The van der Waals surface area contributed by atoms with E-state index in [1.807, 2.05) is 0 Å². The Balaban J connectivity index is 1.68. The van der Waals surface area contributed by atoms with Crippen molar-refractivity contribution < 1.29 is 19.4 Å². The number of carbonyl (C=O) groups is 2. The van der Waals surface area contributed by atoms with E-state index in [0.29, 0.717) is 47.4 Å². The van der Waals surface area contributed by atoms with E-state index in [0.717, 1.165) is 19.6 Å². The van der Waals surface area contributed by atoms with Gasteiger partial charge in [0.1, 0.15) is 5.76 Å². The Bertz CT molecular complexity index is 1030. The van der Waals surface area contributed by atoms with Crippen LogP contribution in [-0.2, 0) is 14.3 Å². The number of morpholine rings is 1. The highest BCUT2D eigenvalue weighted by molar-refractivity contribution is 6.47. The molecule has 1 amide bonds. The van der Waals surface area contributed by atoms with Crippen molar-refractivity contribution in [1.82, 2.24) is 9.80 Å². The van der Waals surface area contributed by atoms with Gasteiger partial charge in [-0.15, -0.1) is 0 Å². The molecule has 1 atom stereocenters. The van der Waals surface area contributed by atoms with Crippen molar-refractivity contribution in [3.05, 3.63) is 75.3 Å². The maximum absolute atomic E-state index is 13.1. The zero-order valence-electron chi connectivity index (χ0n) is 17.5. The zero-order chi connectivity index (χ0) is 22.7. The molecule has 0 saturated carbocycles. The fraction of sp³-hybridized carbons (Fsp3) is 0.333. The maximum atomic E-state index is 13.1. The topological polar surface area (TPSA) is 70.1 Å². The summed E-state index contributed by atoms with van der Waals surface area (Å²) in [5, 5.41) is 12.0. The highest BCUT2D eigenvalue weighted by Crippen LogP contribution is 2.41. The number of hydrogen-bond donors (Lipinski definition) is 1. The van der Waals surface area contributed by atoms with Crippen LogP contribution < -0.4 is 0 Å². The second-order valence-corrected chi connectivity index (χ2v) is 8.67. The SMILES string of the molecule is O=C1C(=O)N(CCCN2CCOCC2)[C@H](c2ccccc2Cl)C1=C(O)c1ccc(Cl)cc1. The molecule has 2 fully saturated rings. The Morgan fingerprint density at radius 1 is 1.00 bits per heavy atom. The normalized spacial score (nSPS) is 21.3. The third-order valence-corrected chi connectivity index (χ3v) is 6.43. The van der Waals surface area contributed by atoms with Crippen molar-refractivity contribution in [2.24, 2.45) is 0 Å². The molecule has 0 aliphatic carbocycles. The van der Waals surface area contributed by atoms with Gasteiger partial charge in [0.15, 0.2) is 0 Å². The molecule has 8 heteroatoms. The summed E-state index contributed by atoms with van der Waals surface area (Å²) < 4.78 is 5.38. The third-order valence-electron chi connectivity index (χ3n) is 5.83. The Labute approximate surface area is 197 Å². The molecule has 2 aromatic rings. The Hall–Kier alpha value is -2.38. The van der Waals surface area contributed by atoms with Gasteiger partial charge in [-0.1, -0.05) is 41.4 Å². The summed E-state index contributed by atoms with van der Waals surface area (Å²) in [5.41, 5.74) is 1.06. The quantitative estimate of drug-likeness (QED) is 0.387. The summed E-state index contributed by atoms with van der Waals surface area (Å²) in [5.74, 6) is -1.58. The lowest BCUT2D eigenvalue weighted by Crippen LogP contribution is -2.39. The largest absolute Gasteiger partial charge is 0.507 e. The molecular formula is C24H24Cl2N2O4. The summed E-state index contributed by atoms with van der Waals surface area (Å²) >= 11 is 12.4. The number of Topliss-reactive ketones (excluding diaryl/α,β-unsaturated/α-hetero) is 1. The van der Waals surface area contributed by atoms with Gasteiger partial charge in [-0.2, -0.15) is 0 Å². The van der Waals surface area contributed by atoms with E-state index in [9.17, 15) is 14.7 Å². The van der Waals surface area contributed by atoms with Gasteiger partial charge in [0.25, 0.3) is 11.7 Å². The van der Waals surface area contributed by atoms with Crippen molar-refractivity contribution >= 4 is 40.7 Å². The molecule has 6 nitrogen and oxygen atoms in total. The van der Waals surface area contributed by atoms with E-state index in [4.69, 9.17) is 27.9 Å². The minimum Gasteiger partial charge on any atom is -0.507 e. The first-order chi connectivity index (χ1) is 15.5. The minimum absolute atomic E-state index is 0.0387. The first-order valence-corrected chi connectivity index (χ1v) is 11.3. The van der Waals surface area contributed by atoms with Crippen molar-refractivity contribution in [3.63, 3.8) is 0 Å². The number of aliphatic hydroxyl groups excluding tert-OH is 1. The number of nitrogens with zero attached hydrogens (tertiary/aromatic N) is 2. The number of hydrogen-bond acceptors (Lipinski definition) is 5. The molecule has 0 bridgehead atoms. The fourth-order valence-electron chi connectivity index (χ4n) is 4.18. The van der Waals surface area contributed by atoms with Gasteiger partial charge in [-0.3, -0.25) is 14.5 Å². The van der Waals surface area contributed by atoms with Crippen LogP contribution in [0.4, 0.5) is 0 Å². The molecule has 2 saturated heterocycles. The smallest absolute Gasteiger partial charge is 0.295 e. The molecule has 2 aliphatic rings. The van der Waals surface area contributed by atoms with Gasteiger partial charge in [-0.05, 0) is 42.3 Å². The second-order valence-electron chi connectivity index (χ2n) is 7.83. The summed E-state index contributed by atoms with van der Waals surface area (Å²) in [7, 11) is 0. The van der Waals surface area contributed by atoms with Crippen molar-refractivity contribution in [2.75, 3.05) is 39.4 Å². The molecule has 1 N–H and O–H groups in total. The number of ketones is 1. The van der Waals surface area contributed by atoms with E-state index in [2.05, 4.69) is 4.90 Å². The Morgan fingerprint density at radius 2 is 1.69 bits per heavy atom. The standard InChI is InChI=1S/C24H24Cl2N2O4/c25-17-8-6-16(7-9-17)22(29)20-21(18-4-1-2-5-19(18)26)28(24(31)23(20)30)11-3-10-27-12-14-32-15-13-27/h1-2,4-9,21,29H,3,10-15H2/t21-/m1/s1. The van der Waals surface area contributed by atoms with Gasteiger partial charge in [0.05, 0.1) is 24.8 Å². The van der Waals surface area contributed by atoms with E-state index in [1.165, 1.54) is 4.90 Å². The predicted molar refractivity (Wildman–Crippen MR) is 124 cm³/mol. The summed E-state index contributed by atoms with van der Waals surface area (Å²) in [6.45, 7) is 4.26. The summed E-state index contributed by atoms with van der Waals surface area (Å²) in [4.78, 5) is 29.9. The van der Waals surface area contributed by atoms with Gasteiger partial charge in [0.2, 0.25) is 0 Å². The summed E-state index contributed by atoms with van der Waals surface area (Å²) in [6.07, 6.45) is 0.689. The lowest BCUT2D eigenvalue weighted by atomic mass is 9.95. The molecule has 0 aromatic heterocycles. The number of amides is 1.